The van der Waals surface area contributed by atoms with Crippen molar-refractivity contribution in [3.63, 3.8) is 0 Å². The van der Waals surface area contributed by atoms with Gasteiger partial charge in [-0.2, -0.15) is 0 Å². The Morgan fingerprint density at radius 3 is 1.17 bits per heavy atom. The monoisotopic (exact) mass is 332 g/mol. The molecular formula is C18H20O6. The van der Waals surface area contributed by atoms with Crippen LogP contribution in [0.2, 0.25) is 0 Å². The standard InChI is InChI=1S/2C7H6O2.C4H8O2/c2*8-7(9)6-4-2-1-3-5-6;1-2-3-4(5)6/h2*1-5H,(H,8,9);2-3H2,1H3,(H,5,6). The molecule has 0 atom stereocenters. The summed E-state index contributed by atoms with van der Waals surface area (Å²) >= 11 is 0. The predicted octanol–water partition coefficient (Wildman–Crippen LogP) is 3.64. The number of carboxylic acids is 3. The summed E-state index contributed by atoms with van der Waals surface area (Å²) in [6, 6.07) is 16.6. The molecule has 0 unspecified atom stereocenters. The van der Waals surface area contributed by atoms with Crippen LogP contribution in [0.15, 0.2) is 60.7 Å². The maximum atomic E-state index is 10.2. The van der Waals surface area contributed by atoms with Crippen molar-refractivity contribution in [1.82, 2.24) is 0 Å². The fraction of sp³-hybridized carbons (Fsp3) is 0.167. The number of carbonyl (C=O) groups is 3. The van der Waals surface area contributed by atoms with Gasteiger partial charge in [0.05, 0.1) is 11.1 Å². The van der Waals surface area contributed by atoms with Crippen LogP contribution in [0, 0.1) is 0 Å². The molecule has 2 aromatic rings. The van der Waals surface area contributed by atoms with E-state index in [1.54, 1.807) is 60.7 Å². The molecule has 24 heavy (non-hydrogen) atoms. The zero-order chi connectivity index (χ0) is 18.4. The van der Waals surface area contributed by atoms with Crippen molar-refractivity contribution >= 4 is 17.9 Å². The number of aliphatic carboxylic acids is 1. The van der Waals surface area contributed by atoms with E-state index in [1.165, 1.54) is 0 Å². The first-order valence-electron chi connectivity index (χ1n) is 7.17. The van der Waals surface area contributed by atoms with Crippen molar-refractivity contribution < 1.29 is 29.7 Å². The minimum Gasteiger partial charge on any atom is -0.481 e. The number of rotatable bonds is 4. The lowest BCUT2D eigenvalue weighted by molar-refractivity contribution is -0.137. The SMILES string of the molecule is CCCC(=O)O.O=C(O)c1ccccc1.O=C(O)c1ccccc1. The predicted molar refractivity (Wildman–Crippen MR) is 89.3 cm³/mol. The van der Waals surface area contributed by atoms with E-state index >= 15 is 0 Å². The van der Waals surface area contributed by atoms with Crippen LogP contribution in [-0.4, -0.2) is 33.2 Å². The second-order valence-corrected chi connectivity index (χ2v) is 4.49. The van der Waals surface area contributed by atoms with Crippen LogP contribution in [-0.2, 0) is 4.79 Å². The molecule has 0 spiro atoms. The third-order valence-corrected chi connectivity index (χ3v) is 2.51. The Morgan fingerprint density at radius 1 is 0.708 bits per heavy atom. The van der Waals surface area contributed by atoms with Gasteiger partial charge in [0.2, 0.25) is 0 Å². The molecule has 0 saturated heterocycles. The lowest BCUT2D eigenvalue weighted by Crippen LogP contribution is -1.93. The van der Waals surface area contributed by atoms with Gasteiger partial charge in [0.15, 0.2) is 0 Å². The molecule has 0 saturated carbocycles. The molecule has 3 N–H and O–H groups in total. The third kappa shape index (κ3) is 10.6. The molecular weight excluding hydrogens is 312 g/mol. The second kappa shape index (κ2) is 12.4. The summed E-state index contributed by atoms with van der Waals surface area (Å²) in [5.74, 6) is -2.47. The average molecular weight is 332 g/mol. The van der Waals surface area contributed by atoms with Gasteiger partial charge in [0, 0.05) is 6.42 Å². The summed E-state index contributed by atoms with van der Waals surface area (Å²) in [5.41, 5.74) is 0.662. The fourth-order valence-corrected chi connectivity index (χ4v) is 1.38. The van der Waals surface area contributed by atoms with E-state index in [0.29, 0.717) is 17.5 Å². The first-order chi connectivity index (χ1) is 11.4. The number of aromatic carboxylic acids is 2. The van der Waals surface area contributed by atoms with E-state index in [4.69, 9.17) is 15.3 Å². The fourth-order valence-electron chi connectivity index (χ4n) is 1.38. The second-order valence-electron chi connectivity index (χ2n) is 4.49. The third-order valence-electron chi connectivity index (χ3n) is 2.51. The molecule has 0 fully saturated rings. The van der Waals surface area contributed by atoms with Gasteiger partial charge in [-0.25, -0.2) is 9.59 Å². The minimum absolute atomic E-state index is 0.292. The van der Waals surface area contributed by atoms with Gasteiger partial charge in [0.1, 0.15) is 0 Å². The molecule has 0 aliphatic carbocycles. The molecule has 128 valence electrons. The zero-order valence-corrected chi connectivity index (χ0v) is 13.3. The van der Waals surface area contributed by atoms with Crippen LogP contribution in [0.25, 0.3) is 0 Å². The Kier molecular flexibility index (Phi) is 10.8. The molecule has 0 bridgehead atoms. The van der Waals surface area contributed by atoms with Crippen LogP contribution >= 0.6 is 0 Å². The van der Waals surface area contributed by atoms with Crippen molar-refractivity contribution in [2.45, 2.75) is 19.8 Å². The molecule has 0 amide bonds. The van der Waals surface area contributed by atoms with Gasteiger partial charge in [-0.3, -0.25) is 4.79 Å². The maximum Gasteiger partial charge on any atom is 0.335 e. The highest BCUT2D eigenvalue weighted by molar-refractivity contribution is 5.87. The lowest BCUT2D eigenvalue weighted by Gasteiger charge is -1.88. The summed E-state index contributed by atoms with van der Waals surface area (Å²) in [6.07, 6.45) is 1.02. The molecule has 2 aromatic carbocycles. The Balaban J connectivity index is 0.000000340. The molecule has 0 heterocycles. The van der Waals surface area contributed by atoms with Gasteiger partial charge in [-0.1, -0.05) is 43.3 Å². The number of carboxylic acid groups (broad SMARTS) is 3. The summed E-state index contributed by atoms with van der Waals surface area (Å²) in [6.45, 7) is 1.84. The van der Waals surface area contributed by atoms with Crippen LogP contribution in [0.3, 0.4) is 0 Å². The van der Waals surface area contributed by atoms with E-state index in [9.17, 15) is 14.4 Å². The molecule has 2 rings (SSSR count). The van der Waals surface area contributed by atoms with E-state index < -0.39 is 17.9 Å². The minimum atomic E-state index is -0.879. The number of benzene rings is 2. The number of hydrogen-bond donors (Lipinski definition) is 3. The highest BCUT2D eigenvalue weighted by Crippen LogP contribution is 1.96. The van der Waals surface area contributed by atoms with E-state index in [2.05, 4.69) is 0 Å². The van der Waals surface area contributed by atoms with Crippen molar-refractivity contribution in [1.29, 1.82) is 0 Å². The normalized spacial score (nSPS) is 8.71. The average Bonchev–Trinajstić information content (AvgIpc) is 2.57. The van der Waals surface area contributed by atoms with E-state index in [0.717, 1.165) is 6.42 Å². The van der Waals surface area contributed by atoms with Gasteiger partial charge in [-0.15, -0.1) is 0 Å². The van der Waals surface area contributed by atoms with Crippen molar-refractivity contribution in [3.8, 4) is 0 Å². The first-order valence-corrected chi connectivity index (χ1v) is 7.17. The molecule has 0 radical (unpaired) electrons. The Bertz CT molecular complexity index is 573. The summed E-state index contributed by atoms with van der Waals surface area (Å²) in [5, 5.41) is 24.7. The smallest absolute Gasteiger partial charge is 0.335 e. The van der Waals surface area contributed by atoms with Crippen molar-refractivity contribution in [3.05, 3.63) is 71.8 Å². The molecule has 0 aliphatic heterocycles. The van der Waals surface area contributed by atoms with E-state index in [1.807, 2.05) is 6.92 Å². The molecule has 6 heteroatoms. The first kappa shape index (κ1) is 20.9. The van der Waals surface area contributed by atoms with Crippen LogP contribution < -0.4 is 0 Å². The Hall–Kier alpha value is -3.15. The summed E-state index contributed by atoms with van der Waals surface area (Å²) in [4.78, 5) is 30.0. The largest absolute Gasteiger partial charge is 0.481 e. The Morgan fingerprint density at radius 2 is 1.04 bits per heavy atom. The maximum absolute atomic E-state index is 10.2. The summed E-state index contributed by atoms with van der Waals surface area (Å²) < 4.78 is 0. The highest BCUT2D eigenvalue weighted by atomic mass is 16.4. The van der Waals surface area contributed by atoms with Crippen LogP contribution in [0.4, 0.5) is 0 Å². The van der Waals surface area contributed by atoms with Gasteiger partial charge in [0.25, 0.3) is 0 Å². The van der Waals surface area contributed by atoms with E-state index in [-0.39, 0.29) is 0 Å². The van der Waals surface area contributed by atoms with Gasteiger partial charge < -0.3 is 15.3 Å². The lowest BCUT2D eigenvalue weighted by atomic mass is 10.2. The van der Waals surface area contributed by atoms with Gasteiger partial charge >= 0.3 is 17.9 Å². The van der Waals surface area contributed by atoms with Crippen LogP contribution in [0.5, 0.6) is 0 Å². The highest BCUT2D eigenvalue weighted by Gasteiger charge is 1.97. The molecule has 0 aliphatic rings. The van der Waals surface area contributed by atoms with Crippen LogP contribution in [0.1, 0.15) is 40.5 Å². The summed E-state index contributed by atoms with van der Waals surface area (Å²) in [7, 11) is 0. The topological polar surface area (TPSA) is 112 Å². The number of hydrogen-bond acceptors (Lipinski definition) is 3. The molecule has 0 aromatic heterocycles. The Labute approximate surface area is 140 Å². The molecule has 6 nitrogen and oxygen atoms in total. The zero-order valence-electron chi connectivity index (χ0n) is 13.3. The van der Waals surface area contributed by atoms with Crippen molar-refractivity contribution in [2.75, 3.05) is 0 Å². The van der Waals surface area contributed by atoms with Crippen molar-refractivity contribution in [2.24, 2.45) is 0 Å². The van der Waals surface area contributed by atoms with Gasteiger partial charge in [-0.05, 0) is 30.7 Å². The quantitative estimate of drug-likeness (QED) is 0.788.